The Morgan fingerprint density at radius 2 is 1.65 bits per heavy atom. The van der Waals surface area contributed by atoms with Crippen molar-refractivity contribution in [1.29, 1.82) is 0 Å². The van der Waals surface area contributed by atoms with E-state index in [1.54, 1.807) is 25.1 Å². The maximum Gasteiger partial charge on any atom is 0.341 e. The summed E-state index contributed by atoms with van der Waals surface area (Å²) in [6, 6.07) is 19.1. The predicted molar refractivity (Wildman–Crippen MR) is 105 cm³/mol. The fourth-order valence-electron chi connectivity index (χ4n) is 2.59. The van der Waals surface area contributed by atoms with Crippen LogP contribution in [0.2, 0.25) is 0 Å². The van der Waals surface area contributed by atoms with Gasteiger partial charge < -0.3 is 10.1 Å². The Bertz CT molecular complexity index is 914. The molecule has 5 heteroatoms. The van der Waals surface area contributed by atoms with E-state index >= 15 is 0 Å². The number of anilines is 1. The molecule has 2 aromatic carbocycles. The number of thiophene rings is 1. The zero-order valence-corrected chi connectivity index (χ0v) is 15.4. The molecule has 1 aromatic heterocycles. The van der Waals surface area contributed by atoms with Crippen LogP contribution in [0.25, 0.3) is 11.1 Å². The van der Waals surface area contributed by atoms with Gasteiger partial charge in [-0.3, -0.25) is 4.79 Å². The van der Waals surface area contributed by atoms with Gasteiger partial charge in [-0.1, -0.05) is 42.5 Å². The molecule has 132 valence electrons. The zero-order valence-electron chi connectivity index (χ0n) is 14.6. The largest absolute Gasteiger partial charge is 0.462 e. The second-order valence-electron chi connectivity index (χ2n) is 5.72. The first-order chi connectivity index (χ1) is 12.6. The molecule has 0 aliphatic heterocycles. The van der Waals surface area contributed by atoms with Crippen LogP contribution in [-0.2, 0) is 4.74 Å². The van der Waals surface area contributed by atoms with Gasteiger partial charge in [0.05, 0.1) is 12.2 Å². The molecule has 1 heterocycles. The lowest BCUT2D eigenvalue weighted by Crippen LogP contribution is -2.14. The lowest BCUT2D eigenvalue weighted by Gasteiger charge is -2.07. The number of ether oxygens (including phenoxy) is 1. The van der Waals surface area contributed by atoms with Gasteiger partial charge in [-0.15, -0.1) is 11.3 Å². The quantitative estimate of drug-likeness (QED) is 0.636. The average Bonchev–Trinajstić information content (AvgIpc) is 3.03. The van der Waals surface area contributed by atoms with Gasteiger partial charge in [-0.2, -0.15) is 0 Å². The van der Waals surface area contributed by atoms with Crippen LogP contribution >= 0.6 is 11.3 Å². The number of rotatable bonds is 5. The predicted octanol–water partition coefficient (Wildman–Crippen LogP) is 5.15. The van der Waals surface area contributed by atoms with Crippen molar-refractivity contribution in [2.75, 3.05) is 11.9 Å². The van der Waals surface area contributed by atoms with Crippen molar-refractivity contribution in [1.82, 2.24) is 0 Å². The summed E-state index contributed by atoms with van der Waals surface area (Å²) in [7, 11) is 0. The molecule has 0 atom stereocenters. The Balaban J connectivity index is 1.78. The molecule has 0 aliphatic rings. The minimum atomic E-state index is -0.424. The van der Waals surface area contributed by atoms with Gasteiger partial charge in [0.15, 0.2) is 0 Å². The van der Waals surface area contributed by atoms with E-state index in [1.807, 2.05) is 49.4 Å². The average molecular weight is 365 g/mol. The third kappa shape index (κ3) is 4.00. The van der Waals surface area contributed by atoms with Crippen molar-refractivity contribution in [2.45, 2.75) is 13.8 Å². The highest BCUT2D eigenvalue weighted by atomic mass is 32.1. The number of benzene rings is 2. The van der Waals surface area contributed by atoms with Crippen molar-refractivity contribution in [2.24, 2.45) is 0 Å². The lowest BCUT2D eigenvalue weighted by molar-refractivity contribution is 0.0528. The summed E-state index contributed by atoms with van der Waals surface area (Å²) < 4.78 is 5.05. The number of nitrogens with one attached hydrogen (secondary N) is 1. The lowest BCUT2D eigenvalue weighted by atomic mass is 10.0. The Morgan fingerprint density at radius 3 is 2.31 bits per heavy atom. The third-order valence-corrected chi connectivity index (χ3v) is 4.80. The number of esters is 1. The standard InChI is InChI=1S/C21H19NO3S/c1-3-25-21(24)18-13-14(2)26-20(18)22-19(23)17-11-9-16(10-12-17)15-7-5-4-6-8-15/h4-13H,3H2,1-2H3,(H,22,23). The van der Waals surface area contributed by atoms with Crippen molar-refractivity contribution in [3.8, 4) is 11.1 Å². The van der Waals surface area contributed by atoms with Gasteiger partial charge >= 0.3 is 5.97 Å². The van der Waals surface area contributed by atoms with E-state index in [4.69, 9.17) is 4.74 Å². The summed E-state index contributed by atoms with van der Waals surface area (Å²) in [5.41, 5.74) is 3.06. The maximum atomic E-state index is 12.5. The summed E-state index contributed by atoms with van der Waals surface area (Å²) in [5.74, 6) is -0.677. The fraction of sp³-hybridized carbons (Fsp3) is 0.143. The molecular formula is C21H19NO3S. The van der Waals surface area contributed by atoms with E-state index in [0.717, 1.165) is 16.0 Å². The molecule has 0 fully saturated rings. The first kappa shape index (κ1) is 17.9. The van der Waals surface area contributed by atoms with Gasteiger partial charge in [-0.05, 0) is 43.2 Å². The molecule has 0 bridgehead atoms. The van der Waals surface area contributed by atoms with Crippen LogP contribution in [-0.4, -0.2) is 18.5 Å². The smallest absolute Gasteiger partial charge is 0.341 e. The summed E-state index contributed by atoms with van der Waals surface area (Å²) >= 11 is 1.36. The van der Waals surface area contributed by atoms with Crippen LogP contribution in [0.4, 0.5) is 5.00 Å². The van der Waals surface area contributed by atoms with E-state index in [9.17, 15) is 9.59 Å². The number of aryl methyl sites for hydroxylation is 1. The van der Waals surface area contributed by atoms with Crippen LogP contribution in [0.1, 0.15) is 32.5 Å². The molecule has 0 spiro atoms. The van der Waals surface area contributed by atoms with Gasteiger partial charge in [0.1, 0.15) is 5.00 Å². The molecule has 26 heavy (non-hydrogen) atoms. The van der Waals surface area contributed by atoms with Gasteiger partial charge in [-0.25, -0.2) is 4.79 Å². The van der Waals surface area contributed by atoms with Gasteiger partial charge in [0.25, 0.3) is 5.91 Å². The molecular weight excluding hydrogens is 346 g/mol. The number of hydrogen-bond donors (Lipinski definition) is 1. The van der Waals surface area contributed by atoms with E-state index in [1.165, 1.54) is 11.3 Å². The Morgan fingerprint density at radius 1 is 1.00 bits per heavy atom. The molecule has 0 saturated carbocycles. The highest BCUT2D eigenvalue weighted by Gasteiger charge is 2.18. The molecule has 1 amide bonds. The number of carbonyl (C=O) groups excluding carboxylic acids is 2. The zero-order chi connectivity index (χ0) is 18.5. The van der Waals surface area contributed by atoms with Crippen LogP contribution < -0.4 is 5.32 Å². The monoisotopic (exact) mass is 365 g/mol. The highest BCUT2D eigenvalue weighted by Crippen LogP contribution is 2.29. The second kappa shape index (κ2) is 7.97. The minimum Gasteiger partial charge on any atom is -0.462 e. The molecule has 0 saturated heterocycles. The van der Waals surface area contributed by atoms with Crippen molar-refractivity contribution < 1.29 is 14.3 Å². The van der Waals surface area contributed by atoms with Crippen LogP contribution in [0, 0.1) is 6.92 Å². The van der Waals surface area contributed by atoms with Crippen LogP contribution in [0.3, 0.4) is 0 Å². The first-order valence-electron chi connectivity index (χ1n) is 8.33. The number of amides is 1. The molecule has 1 N–H and O–H groups in total. The maximum absolute atomic E-state index is 12.5. The van der Waals surface area contributed by atoms with Crippen LogP contribution in [0.5, 0.6) is 0 Å². The molecule has 0 unspecified atom stereocenters. The normalized spacial score (nSPS) is 10.4. The number of hydrogen-bond acceptors (Lipinski definition) is 4. The Kier molecular flexibility index (Phi) is 5.49. The first-order valence-corrected chi connectivity index (χ1v) is 9.14. The topological polar surface area (TPSA) is 55.4 Å². The Hall–Kier alpha value is -2.92. The fourth-order valence-corrected chi connectivity index (χ4v) is 3.48. The summed E-state index contributed by atoms with van der Waals surface area (Å²) in [6.07, 6.45) is 0. The highest BCUT2D eigenvalue weighted by molar-refractivity contribution is 7.16. The van der Waals surface area contributed by atoms with E-state index in [0.29, 0.717) is 22.7 Å². The van der Waals surface area contributed by atoms with Crippen LogP contribution in [0.15, 0.2) is 60.7 Å². The van der Waals surface area contributed by atoms with Crippen molar-refractivity contribution >= 4 is 28.2 Å². The molecule has 3 aromatic rings. The Labute approximate surface area is 156 Å². The number of carbonyl (C=O) groups is 2. The third-order valence-electron chi connectivity index (χ3n) is 3.83. The van der Waals surface area contributed by atoms with Crippen molar-refractivity contribution in [3.63, 3.8) is 0 Å². The summed E-state index contributed by atoms with van der Waals surface area (Å²) in [6.45, 7) is 3.93. The van der Waals surface area contributed by atoms with Crippen molar-refractivity contribution in [3.05, 3.63) is 76.7 Å². The van der Waals surface area contributed by atoms with E-state index in [2.05, 4.69) is 5.32 Å². The van der Waals surface area contributed by atoms with E-state index in [-0.39, 0.29) is 5.91 Å². The SMILES string of the molecule is CCOC(=O)c1cc(C)sc1NC(=O)c1ccc(-c2ccccc2)cc1. The molecule has 0 aliphatic carbocycles. The van der Waals surface area contributed by atoms with Gasteiger partial charge in [0, 0.05) is 10.4 Å². The van der Waals surface area contributed by atoms with Gasteiger partial charge in [0.2, 0.25) is 0 Å². The molecule has 0 radical (unpaired) electrons. The summed E-state index contributed by atoms with van der Waals surface area (Å²) in [4.78, 5) is 25.5. The second-order valence-corrected chi connectivity index (χ2v) is 6.97. The van der Waals surface area contributed by atoms with E-state index < -0.39 is 5.97 Å². The minimum absolute atomic E-state index is 0.253. The summed E-state index contributed by atoms with van der Waals surface area (Å²) in [5, 5.41) is 3.34. The molecule has 3 rings (SSSR count). The molecule has 4 nitrogen and oxygen atoms in total.